The molecule has 0 aliphatic carbocycles. The van der Waals surface area contributed by atoms with E-state index in [1.165, 1.54) is 0 Å². The first-order valence-electron chi connectivity index (χ1n) is 8.56. The fraction of sp³-hybridized carbons (Fsp3) is 1.00. The Hall–Kier alpha value is -0.140. The van der Waals surface area contributed by atoms with E-state index >= 15 is 0 Å². The molecule has 0 aromatic heterocycles. The van der Waals surface area contributed by atoms with Crippen LogP contribution in [0.5, 0.6) is 0 Å². The van der Waals surface area contributed by atoms with Crippen molar-refractivity contribution in [2.24, 2.45) is 0 Å². The topological polar surface area (TPSA) is 283 Å². The average molecular weight is 502 g/mol. The van der Waals surface area contributed by atoms with Crippen LogP contribution in [0.25, 0.3) is 0 Å². The van der Waals surface area contributed by atoms with Crippen LogP contribution in [0.1, 0.15) is 0 Å². The van der Waals surface area contributed by atoms with Crippen molar-refractivity contribution in [3.63, 3.8) is 0 Å². The Morgan fingerprint density at radius 1 is 0.710 bits per heavy atom. The van der Waals surface area contributed by atoms with Gasteiger partial charge in [-0.15, -0.1) is 0 Å². The first-order chi connectivity index (χ1) is 14.1. The molecule has 10 N–H and O–H groups in total. The molecule has 0 aromatic rings. The van der Waals surface area contributed by atoms with Crippen molar-refractivity contribution >= 4 is 15.6 Å². The third kappa shape index (κ3) is 7.17. The van der Waals surface area contributed by atoms with E-state index in [0.717, 1.165) is 0 Å². The first-order valence-corrected chi connectivity index (χ1v) is 11.6. The van der Waals surface area contributed by atoms with E-state index in [0.29, 0.717) is 0 Å². The molecule has 2 aliphatic rings. The van der Waals surface area contributed by atoms with Crippen molar-refractivity contribution in [3.8, 4) is 0 Å². The largest absolute Gasteiger partial charge is 0.472 e. The minimum atomic E-state index is -5.25. The van der Waals surface area contributed by atoms with Gasteiger partial charge in [-0.3, -0.25) is 9.05 Å². The van der Waals surface area contributed by atoms with Crippen molar-refractivity contribution in [1.82, 2.24) is 0 Å². The third-order valence-electron chi connectivity index (χ3n) is 4.43. The monoisotopic (exact) mass is 502 g/mol. The summed E-state index contributed by atoms with van der Waals surface area (Å²) >= 11 is 0. The van der Waals surface area contributed by atoms with Crippen LogP contribution in [-0.2, 0) is 32.4 Å². The molecule has 10 atom stereocenters. The molecule has 0 spiro atoms. The van der Waals surface area contributed by atoms with Gasteiger partial charge < -0.3 is 64.4 Å². The predicted octanol–water partition coefficient (Wildman–Crippen LogP) is -5.16. The smallest absolute Gasteiger partial charge is 0.394 e. The molecule has 2 rings (SSSR count). The summed E-state index contributed by atoms with van der Waals surface area (Å²) in [6, 6.07) is 0. The van der Waals surface area contributed by atoms with E-state index in [2.05, 4.69) is 9.05 Å². The lowest BCUT2D eigenvalue weighted by Gasteiger charge is -2.46. The SMILES string of the molecule is O=P(O)(O)OC[C@H]1OC(OP(=O)(O)O)[C@H](O)[C@@H](O)[C@@H]1O[C@@H]1O[C@H](CO)[C@H](O)[C@H](O)[C@H]1O. The van der Waals surface area contributed by atoms with E-state index in [1.807, 2.05) is 0 Å². The molecule has 19 heteroatoms. The van der Waals surface area contributed by atoms with Crippen molar-refractivity contribution in [2.75, 3.05) is 13.2 Å². The van der Waals surface area contributed by atoms with Gasteiger partial charge in [0.2, 0.25) is 0 Å². The highest BCUT2D eigenvalue weighted by molar-refractivity contribution is 7.46. The van der Waals surface area contributed by atoms with Crippen LogP contribution < -0.4 is 0 Å². The summed E-state index contributed by atoms with van der Waals surface area (Å²) in [6.07, 6.45) is -18.9. The highest BCUT2D eigenvalue weighted by Gasteiger charge is 2.52. The van der Waals surface area contributed by atoms with E-state index < -0.39 is 90.3 Å². The lowest BCUT2D eigenvalue weighted by molar-refractivity contribution is -0.353. The molecule has 17 nitrogen and oxygen atoms in total. The summed E-state index contributed by atoms with van der Waals surface area (Å²) in [5.74, 6) is 0. The number of aliphatic hydroxyl groups is 6. The average Bonchev–Trinajstić information content (AvgIpc) is 2.64. The molecule has 2 fully saturated rings. The molecule has 0 amide bonds. The number of aliphatic hydroxyl groups excluding tert-OH is 6. The second-order valence-electron chi connectivity index (χ2n) is 6.70. The van der Waals surface area contributed by atoms with Crippen molar-refractivity contribution in [2.45, 2.75) is 61.4 Å². The highest BCUT2D eigenvalue weighted by atomic mass is 31.2. The molecule has 2 heterocycles. The fourth-order valence-electron chi connectivity index (χ4n) is 2.94. The number of phosphoric ester groups is 2. The van der Waals surface area contributed by atoms with Crippen LogP contribution >= 0.6 is 15.6 Å². The Morgan fingerprint density at radius 3 is 1.77 bits per heavy atom. The number of hydrogen-bond donors (Lipinski definition) is 10. The lowest BCUT2D eigenvalue weighted by atomic mass is 9.97. The summed E-state index contributed by atoms with van der Waals surface area (Å²) in [4.78, 5) is 35.5. The quantitative estimate of drug-likeness (QED) is 0.139. The Balaban J connectivity index is 2.24. The molecule has 2 aliphatic heterocycles. The number of hydrogen-bond acceptors (Lipinski definition) is 13. The highest BCUT2D eigenvalue weighted by Crippen LogP contribution is 2.42. The maximum atomic E-state index is 11.0. The van der Waals surface area contributed by atoms with Gasteiger partial charge >= 0.3 is 15.6 Å². The molecule has 0 bridgehead atoms. The standard InChI is InChI=1S/C12H24O17P2/c13-1-3-5(14)6(15)8(17)11(26-3)28-10-4(2-25-30(19,20)21)27-12(9(18)7(10)16)29-31(22,23)24/h3-18H,1-2H2,(H2,19,20,21)(H2,22,23,24)/t3-,4-,5+,6+,7-,8-,9-,10-,11+,12?/m1/s1. The van der Waals surface area contributed by atoms with Crippen LogP contribution in [0.4, 0.5) is 0 Å². The van der Waals surface area contributed by atoms with Gasteiger partial charge in [0.1, 0.15) is 48.8 Å². The second kappa shape index (κ2) is 10.4. The summed E-state index contributed by atoms with van der Waals surface area (Å²) in [5.41, 5.74) is 0. The molecule has 0 radical (unpaired) electrons. The Labute approximate surface area is 173 Å². The van der Waals surface area contributed by atoms with E-state index in [9.17, 15) is 39.8 Å². The lowest BCUT2D eigenvalue weighted by Crippen LogP contribution is -2.64. The Kier molecular flexibility index (Phi) is 9.11. The van der Waals surface area contributed by atoms with Crippen LogP contribution in [0, 0.1) is 0 Å². The van der Waals surface area contributed by atoms with E-state index in [-0.39, 0.29) is 0 Å². The maximum absolute atomic E-state index is 11.0. The van der Waals surface area contributed by atoms with E-state index in [1.54, 1.807) is 0 Å². The molecular weight excluding hydrogens is 478 g/mol. The number of phosphoric acid groups is 2. The first kappa shape index (κ1) is 27.1. The molecular formula is C12H24O17P2. The van der Waals surface area contributed by atoms with Crippen molar-refractivity contribution in [1.29, 1.82) is 0 Å². The molecule has 0 saturated carbocycles. The summed E-state index contributed by atoms with van der Waals surface area (Å²) in [5, 5.41) is 59.2. The van der Waals surface area contributed by atoms with Crippen molar-refractivity contribution < 1.29 is 82.6 Å². The van der Waals surface area contributed by atoms with Gasteiger partial charge in [-0.25, -0.2) is 9.13 Å². The van der Waals surface area contributed by atoms with Gasteiger partial charge in [-0.2, -0.15) is 0 Å². The fourth-order valence-corrected chi connectivity index (χ4v) is 3.72. The molecule has 184 valence electrons. The Morgan fingerprint density at radius 2 is 1.26 bits per heavy atom. The summed E-state index contributed by atoms with van der Waals surface area (Å²) < 4.78 is 45.8. The zero-order valence-electron chi connectivity index (χ0n) is 15.4. The maximum Gasteiger partial charge on any atom is 0.472 e. The second-order valence-corrected chi connectivity index (χ2v) is 9.14. The predicted molar refractivity (Wildman–Crippen MR) is 90.4 cm³/mol. The zero-order chi connectivity index (χ0) is 23.7. The van der Waals surface area contributed by atoms with Crippen LogP contribution in [0.3, 0.4) is 0 Å². The zero-order valence-corrected chi connectivity index (χ0v) is 17.2. The normalized spacial score (nSPS) is 42.5. The summed E-state index contributed by atoms with van der Waals surface area (Å²) in [6.45, 7) is -1.88. The van der Waals surface area contributed by atoms with Gasteiger partial charge in [-0.1, -0.05) is 0 Å². The number of rotatable bonds is 8. The number of ether oxygens (including phenoxy) is 3. The van der Waals surface area contributed by atoms with Crippen molar-refractivity contribution in [3.05, 3.63) is 0 Å². The van der Waals surface area contributed by atoms with Crippen LogP contribution in [0.15, 0.2) is 0 Å². The van der Waals surface area contributed by atoms with Gasteiger partial charge in [0.25, 0.3) is 0 Å². The van der Waals surface area contributed by atoms with Gasteiger partial charge in [-0.05, 0) is 0 Å². The van der Waals surface area contributed by atoms with Gasteiger partial charge in [0.15, 0.2) is 12.6 Å². The summed E-state index contributed by atoms with van der Waals surface area (Å²) in [7, 11) is -10.4. The molecule has 1 unspecified atom stereocenters. The third-order valence-corrected chi connectivity index (χ3v) is 5.40. The molecule has 0 aromatic carbocycles. The minimum absolute atomic E-state index is 0.819. The van der Waals surface area contributed by atoms with E-state index in [4.69, 9.17) is 33.8 Å². The van der Waals surface area contributed by atoms with Gasteiger partial charge in [0.05, 0.1) is 13.2 Å². The van der Waals surface area contributed by atoms with Crippen LogP contribution in [-0.4, -0.2) is 125 Å². The van der Waals surface area contributed by atoms with Crippen LogP contribution in [0.2, 0.25) is 0 Å². The minimum Gasteiger partial charge on any atom is -0.394 e. The van der Waals surface area contributed by atoms with Gasteiger partial charge in [0, 0.05) is 0 Å². The Bertz CT molecular complexity index is 678. The molecule has 2 saturated heterocycles. The molecule has 31 heavy (non-hydrogen) atoms.